The molecule has 0 saturated carbocycles. The minimum absolute atomic E-state index is 0.0857. The second-order valence-electron chi connectivity index (χ2n) is 4.43. The maximum absolute atomic E-state index is 11.2. The van der Waals surface area contributed by atoms with Crippen LogP contribution in [0.15, 0.2) is 0 Å². The number of likely N-dealkylation sites (tertiary alicyclic amines) is 1. The van der Waals surface area contributed by atoms with Gasteiger partial charge in [0.05, 0.1) is 6.54 Å². The number of nitrogens with one attached hydrogen (secondary N) is 2. The molecule has 1 atom stereocenters. The Morgan fingerprint density at radius 1 is 1.53 bits per heavy atom. The third-order valence-corrected chi connectivity index (χ3v) is 2.83. The average molecular weight is 213 g/mol. The Bertz CT molecular complexity index is 196. The van der Waals surface area contributed by atoms with Crippen LogP contribution in [0, 0.1) is 5.92 Å². The molecule has 15 heavy (non-hydrogen) atoms. The van der Waals surface area contributed by atoms with Crippen LogP contribution in [-0.2, 0) is 4.79 Å². The number of likely N-dealkylation sites (N-methyl/N-ethyl adjacent to an activating group) is 1. The summed E-state index contributed by atoms with van der Waals surface area (Å²) in [6.07, 6.45) is 2.65. The first-order valence-electron chi connectivity index (χ1n) is 5.86. The van der Waals surface area contributed by atoms with Crippen LogP contribution in [0.2, 0.25) is 0 Å². The Labute approximate surface area is 92.4 Å². The number of carbonyl (C=O) groups excluding carboxylic acids is 1. The van der Waals surface area contributed by atoms with E-state index in [4.69, 9.17) is 0 Å². The highest BCUT2D eigenvalue weighted by Gasteiger charge is 2.15. The molecule has 4 nitrogen and oxygen atoms in total. The molecular weight excluding hydrogens is 190 g/mol. The number of piperidine rings is 1. The lowest BCUT2D eigenvalue weighted by molar-refractivity contribution is -0.120. The fraction of sp³-hybridized carbons (Fsp3) is 0.909. The molecule has 1 aliphatic heterocycles. The van der Waals surface area contributed by atoms with E-state index >= 15 is 0 Å². The predicted octanol–water partition coefficient (Wildman–Crippen LogP) is 0.0539. The number of hydrogen-bond donors (Lipinski definition) is 2. The van der Waals surface area contributed by atoms with Gasteiger partial charge in [-0.2, -0.15) is 0 Å². The molecule has 1 amide bonds. The molecule has 0 aromatic heterocycles. The number of nitrogens with zero attached hydrogens (tertiary/aromatic N) is 1. The Balaban J connectivity index is 2.06. The van der Waals surface area contributed by atoms with Crippen LogP contribution in [0.4, 0.5) is 0 Å². The van der Waals surface area contributed by atoms with Gasteiger partial charge in [-0.05, 0) is 32.4 Å². The van der Waals surface area contributed by atoms with Gasteiger partial charge in [0.25, 0.3) is 0 Å². The SMILES string of the molecule is CNCC(=O)NCCN1CCCC(C)C1. The lowest BCUT2D eigenvalue weighted by Gasteiger charge is -2.30. The Hall–Kier alpha value is -0.610. The second kappa shape index (κ2) is 6.80. The summed E-state index contributed by atoms with van der Waals surface area (Å²) in [5.74, 6) is 0.898. The molecule has 1 heterocycles. The number of hydrogen-bond acceptors (Lipinski definition) is 3. The first-order chi connectivity index (χ1) is 7.22. The first kappa shape index (κ1) is 12.5. The first-order valence-corrected chi connectivity index (χ1v) is 5.86. The molecule has 88 valence electrons. The Morgan fingerprint density at radius 3 is 3.00 bits per heavy atom. The van der Waals surface area contributed by atoms with Gasteiger partial charge in [0.2, 0.25) is 5.91 Å². The van der Waals surface area contributed by atoms with E-state index in [0.717, 1.165) is 19.0 Å². The highest BCUT2D eigenvalue weighted by molar-refractivity contribution is 5.77. The van der Waals surface area contributed by atoms with Crippen molar-refractivity contribution in [2.75, 3.05) is 39.8 Å². The van der Waals surface area contributed by atoms with Gasteiger partial charge >= 0.3 is 0 Å². The molecule has 1 unspecified atom stereocenters. The average Bonchev–Trinajstić information content (AvgIpc) is 2.18. The van der Waals surface area contributed by atoms with Crippen molar-refractivity contribution in [3.63, 3.8) is 0 Å². The van der Waals surface area contributed by atoms with Crippen molar-refractivity contribution in [1.29, 1.82) is 0 Å². The molecule has 0 aromatic carbocycles. The summed E-state index contributed by atoms with van der Waals surface area (Å²) in [5, 5.41) is 5.74. The van der Waals surface area contributed by atoms with E-state index in [1.165, 1.54) is 25.9 Å². The molecule has 1 saturated heterocycles. The zero-order chi connectivity index (χ0) is 11.1. The molecule has 0 bridgehead atoms. The third kappa shape index (κ3) is 5.14. The summed E-state index contributed by atoms with van der Waals surface area (Å²) >= 11 is 0. The molecule has 4 heteroatoms. The van der Waals surface area contributed by atoms with Crippen LogP contribution < -0.4 is 10.6 Å². The molecule has 1 aliphatic rings. The molecule has 1 fully saturated rings. The monoisotopic (exact) mass is 213 g/mol. The van der Waals surface area contributed by atoms with Crippen LogP contribution in [0.5, 0.6) is 0 Å². The van der Waals surface area contributed by atoms with Gasteiger partial charge in [0.15, 0.2) is 0 Å². The van der Waals surface area contributed by atoms with Gasteiger partial charge in [-0.1, -0.05) is 6.92 Å². The number of rotatable bonds is 5. The molecule has 1 rings (SSSR count). The van der Waals surface area contributed by atoms with Crippen LogP contribution >= 0.6 is 0 Å². The van der Waals surface area contributed by atoms with Crippen molar-refractivity contribution in [1.82, 2.24) is 15.5 Å². The smallest absolute Gasteiger partial charge is 0.233 e. The van der Waals surface area contributed by atoms with E-state index in [-0.39, 0.29) is 5.91 Å². The van der Waals surface area contributed by atoms with E-state index in [1.54, 1.807) is 7.05 Å². The van der Waals surface area contributed by atoms with E-state index in [1.807, 2.05) is 0 Å². The standard InChI is InChI=1S/C11H23N3O/c1-10-4-3-6-14(9-10)7-5-13-11(15)8-12-2/h10,12H,3-9H2,1-2H3,(H,13,15). The largest absolute Gasteiger partial charge is 0.354 e. The fourth-order valence-electron chi connectivity index (χ4n) is 2.07. The van der Waals surface area contributed by atoms with Crippen LogP contribution in [0.1, 0.15) is 19.8 Å². The summed E-state index contributed by atoms with van der Waals surface area (Å²) in [6, 6.07) is 0. The normalized spacial score (nSPS) is 22.7. The Kier molecular flexibility index (Phi) is 5.65. The summed E-state index contributed by atoms with van der Waals surface area (Å²) in [4.78, 5) is 13.6. The van der Waals surface area contributed by atoms with E-state index in [0.29, 0.717) is 6.54 Å². The van der Waals surface area contributed by atoms with Crippen molar-refractivity contribution >= 4 is 5.91 Å². The van der Waals surface area contributed by atoms with Crippen molar-refractivity contribution in [3.8, 4) is 0 Å². The topological polar surface area (TPSA) is 44.4 Å². The van der Waals surface area contributed by atoms with Gasteiger partial charge in [0, 0.05) is 19.6 Å². The van der Waals surface area contributed by atoms with Gasteiger partial charge in [-0.3, -0.25) is 4.79 Å². The van der Waals surface area contributed by atoms with Crippen LogP contribution in [-0.4, -0.2) is 50.6 Å². The van der Waals surface area contributed by atoms with Gasteiger partial charge < -0.3 is 15.5 Å². The lowest BCUT2D eigenvalue weighted by Crippen LogP contribution is -2.41. The van der Waals surface area contributed by atoms with Crippen molar-refractivity contribution in [2.45, 2.75) is 19.8 Å². The summed E-state index contributed by atoms with van der Waals surface area (Å²) in [7, 11) is 1.78. The molecule has 0 spiro atoms. The summed E-state index contributed by atoms with van der Waals surface area (Å²) in [5.41, 5.74) is 0. The van der Waals surface area contributed by atoms with Gasteiger partial charge in [-0.15, -0.1) is 0 Å². The van der Waals surface area contributed by atoms with Crippen LogP contribution in [0.25, 0.3) is 0 Å². The number of amides is 1. The molecule has 0 aliphatic carbocycles. The van der Waals surface area contributed by atoms with E-state index in [2.05, 4.69) is 22.5 Å². The van der Waals surface area contributed by atoms with Gasteiger partial charge in [0.1, 0.15) is 0 Å². The van der Waals surface area contributed by atoms with Crippen molar-refractivity contribution in [3.05, 3.63) is 0 Å². The Morgan fingerprint density at radius 2 is 2.33 bits per heavy atom. The molecular formula is C11H23N3O. The van der Waals surface area contributed by atoms with Crippen molar-refractivity contribution < 1.29 is 4.79 Å². The highest BCUT2D eigenvalue weighted by atomic mass is 16.1. The minimum Gasteiger partial charge on any atom is -0.354 e. The third-order valence-electron chi connectivity index (χ3n) is 2.83. The number of carbonyl (C=O) groups is 1. The predicted molar refractivity (Wildman–Crippen MR) is 61.8 cm³/mol. The zero-order valence-electron chi connectivity index (χ0n) is 9.88. The summed E-state index contributed by atoms with van der Waals surface area (Å²) < 4.78 is 0. The second-order valence-corrected chi connectivity index (χ2v) is 4.43. The quantitative estimate of drug-likeness (QED) is 0.678. The van der Waals surface area contributed by atoms with Gasteiger partial charge in [-0.25, -0.2) is 0 Å². The lowest BCUT2D eigenvalue weighted by atomic mass is 10.0. The highest BCUT2D eigenvalue weighted by Crippen LogP contribution is 2.14. The maximum Gasteiger partial charge on any atom is 0.233 e. The van der Waals surface area contributed by atoms with E-state index in [9.17, 15) is 4.79 Å². The fourth-order valence-corrected chi connectivity index (χ4v) is 2.07. The minimum atomic E-state index is 0.0857. The van der Waals surface area contributed by atoms with Crippen LogP contribution in [0.3, 0.4) is 0 Å². The summed E-state index contributed by atoms with van der Waals surface area (Å²) in [6.45, 7) is 6.84. The molecule has 0 aromatic rings. The maximum atomic E-state index is 11.2. The molecule has 2 N–H and O–H groups in total. The zero-order valence-corrected chi connectivity index (χ0v) is 9.88. The molecule has 0 radical (unpaired) electrons. The van der Waals surface area contributed by atoms with E-state index < -0.39 is 0 Å². The van der Waals surface area contributed by atoms with Crippen molar-refractivity contribution in [2.24, 2.45) is 5.92 Å².